The number of aromatic nitrogens is 2. The maximum atomic E-state index is 10.6. The number of rotatable bonds is 5. The highest BCUT2D eigenvalue weighted by Crippen LogP contribution is 2.09. The molecule has 0 aliphatic heterocycles. The zero-order valence-corrected chi connectivity index (χ0v) is 9.83. The maximum Gasteiger partial charge on any atom is 0.356 e. The van der Waals surface area contributed by atoms with Gasteiger partial charge < -0.3 is 14.8 Å². The van der Waals surface area contributed by atoms with Crippen LogP contribution in [0.15, 0.2) is 34.9 Å². The van der Waals surface area contributed by atoms with E-state index in [9.17, 15) is 4.79 Å². The Morgan fingerprint density at radius 1 is 1.44 bits per heavy atom. The van der Waals surface area contributed by atoms with Crippen LogP contribution < -0.4 is 5.32 Å². The van der Waals surface area contributed by atoms with Crippen molar-refractivity contribution in [3.8, 4) is 0 Å². The van der Waals surface area contributed by atoms with Crippen molar-refractivity contribution < 1.29 is 14.3 Å². The number of hydrogen-bond acceptors (Lipinski definition) is 5. The van der Waals surface area contributed by atoms with Gasteiger partial charge in [0.15, 0.2) is 5.69 Å². The lowest BCUT2D eigenvalue weighted by Gasteiger charge is -2.12. The van der Waals surface area contributed by atoms with Crippen molar-refractivity contribution in [3.05, 3.63) is 42.0 Å². The van der Waals surface area contributed by atoms with Gasteiger partial charge in [-0.1, -0.05) is 0 Å². The van der Waals surface area contributed by atoms with E-state index in [0.717, 1.165) is 12.2 Å². The minimum Gasteiger partial charge on any atom is -0.476 e. The highest BCUT2D eigenvalue weighted by Gasteiger charge is 2.08. The van der Waals surface area contributed by atoms with E-state index in [1.807, 2.05) is 19.1 Å². The Morgan fingerprint density at radius 2 is 2.28 bits per heavy atom. The third kappa shape index (κ3) is 3.07. The summed E-state index contributed by atoms with van der Waals surface area (Å²) in [5, 5.41) is 19.2. The van der Waals surface area contributed by atoms with Crippen molar-refractivity contribution in [3.63, 3.8) is 0 Å². The van der Waals surface area contributed by atoms with Crippen LogP contribution in [-0.4, -0.2) is 27.3 Å². The number of aromatic carboxylic acids is 1. The molecule has 0 saturated carbocycles. The third-order valence-electron chi connectivity index (χ3n) is 2.37. The third-order valence-corrected chi connectivity index (χ3v) is 2.37. The minimum absolute atomic E-state index is 0.0702. The first kappa shape index (κ1) is 12.1. The van der Waals surface area contributed by atoms with E-state index in [0.29, 0.717) is 5.82 Å². The fourth-order valence-corrected chi connectivity index (χ4v) is 1.56. The molecular weight excluding hydrogens is 234 g/mol. The number of nitrogens with one attached hydrogen (secondary N) is 1. The zero-order chi connectivity index (χ0) is 13.0. The highest BCUT2D eigenvalue weighted by molar-refractivity contribution is 5.85. The van der Waals surface area contributed by atoms with Crippen molar-refractivity contribution in [1.29, 1.82) is 0 Å². The maximum absolute atomic E-state index is 10.6. The van der Waals surface area contributed by atoms with E-state index in [2.05, 4.69) is 15.5 Å². The molecule has 0 aromatic carbocycles. The highest BCUT2D eigenvalue weighted by atomic mass is 16.4. The predicted octanol–water partition coefficient (Wildman–Crippen LogP) is 1.81. The molecule has 2 N–H and O–H groups in total. The van der Waals surface area contributed by atoms with Gasteiger partial charge in [0.1, 0.15) is 11.6 Å². The normalized spacial score (nSPS) is 12.1. The number of carbonyl (C=O) groups is 1. The molecule has 18 heavy (non-hydrogen) atoms. The summed E-state index contributed by atoms with van der Waals surface area (Å²) in [6.45, 7) is 1.98. The lowest BCUT2D eigenvalue weighted by molar-refractivity contribution is 0.0689. The standard InChI is InChI=1S/C12H13N3O3/c1-8(7-9-3-2-6-18-9)13-11-5-4-10(12(16)17)14-15-11/h2-6,8H,7H2,1H3,(H,13,15)(H,16,17). The lowest BCUT2D eigenvalue weighted by Crippen LogP contribution is -2.19. The molecule has 0 aliphatic carbocycles. The van der Waals surface area contributed by atoms with E-state index in [4.69, 9.17) is 9.52 Å². The monoisotopic (exact) mass is 247 g/mol. The number of nitrogens with zero attached hydrogens (tertiary/aromatic N) is 2. The van der Waals surface area contributed by atoms with Crippen LogP contribution in [0.3, 0.4) is 0 Å². The van der Waals surface area contributed by atoms with Crippen molar-refractivity contribution >= 4 is 11.8 Å². The fourth-order valence-electron chi connectivity index (χ4n) is 1.56. The molecule has 1 unspecified atom stereocenters. The van der Waals surface area contributed by atoms with Gasteiger partial charge in [-0.15, -0.1) is 10.2 Å². The quantitative estimate of drug-likeness (QED) is 0.837. The zero-order valence-electron chi connectivity index (χ0n) is 9.83. The van der Waals surface area contributed by atoms with Crippen LogP contribution in [0, 0.1) is 0 Å². The van der Waals surface area contributed by atoms with Crippen LogP contribution in [0.25, 0.3) is 0 Å². The van der Waals surface area contributed by atoms with Gasteiger partial charge in [0.2, 0.25) is 0 Å². The first-order valence-corrected chi connectivity index (χ1v) is 5.51. The Hall–Kier alpha value is -2.37. The molecule has 0 radical (unpaired) electrons. The van der Waals surface area contributed by atoms with Gasteiger partial charge in [0.25, 0.3) is 0 Å². The first-order chi connectivity index (χ1) is 8.65. The second-order valence-electron chi connectivity index (χ2n) is 3.94. The minimum atomic E-state index is -1.09. The smallest absolute Gasteiger partial charge is 0.356 e. The van der Waals surface area contributed by atoms with E-state index in [-0.39, 0.29) is 11.7 Å². The molecule has 0 fully saturated rings. The first-order valence-electron chi connectivity index (χ1n) is 5.51. The summed E-state index contributed by atoms with van der Waals surface area (Å²) >= 11 is 0. The van der Waals surface area contributed by atoms with Crippen LogP contribution in [0.1, 0.15) is 23.2 Å². The molecule has 6 heteroatoms. The van der Waals surface area contributed by atoms with Crippen molar-refractivity contribution in [1.82, 2.24) is 10.2 Å². The molecule has 0 spiro atoms. The van der Waals surface area contributed by atoms with Gasteiger partial charge in [0.05, 0.1) is 6.26 Å². The summed E-state index contributed by atoms with van der Waals surface area (Å²) < 4.78 is 5.24. The molecule has 0 saturated heterocycles. The van der Waals surface area contributed by atoms with E-state index >= 15 is 0 Å². The molecular formula is C12H13N3O3. The van der Waals surface area contributed by atoms with Gasteiger partial charge in [-0.05, 0) is 31.2 Å². The summed E-state index contributed by atoms with van der Waals surface area (Å²) in [5.74, 6) is 0.335. The Morgan fingerprint density at radius 3 is 2.83 bits per heavy atom. The average Bonchev–Trinajstić information content (AvgIpc) is 2.82. The molecule has 2 heterocycles. The molecule has 2 rings (SSSR count). The van der Waals surface area contributed by atoms with E-state index in [1.54, 1.807) is 12.3 Å². The van der Waals surface area contributed by atoms with Gasteiger partial charge in [-0.2, -0.15) is 0 Å². The molecule has 2 aromatic heterocycles. The van der Waals surface area contributed by atoms with Crippen LogP contribution in [-0.2, 0) is 6.42 Å². The molecule has 2 aromatic rings. The molecule has 0 aliphatic rings. The topological polar surface area (TPSA) is 88.2 Å². The molecule has 0 bridgehead atoms. The average molecular weight is 247 g/mol. The number of carboxylic acid groups (broad SMARTS) is 1. The van der Waals surface area contributed by atoms with Gasteiger partial charge in [0, 0.05) is 12.5 Å². The van der Waals surface area contributed by atoms with E-state index in [1.165, 1.54) is 6.07 Å². The van der Waals surface area contributed by atoms with Crippen LogP contribution in [0.2, 0.25) is 0 Å². The SMILES string of the molecule is CC(Cc1ccco1)Nc1ccc(C(=O)O)nn1. The summed E-state index contributed by atoms with van der Waals surface area (Å²) in [5.41, 5.74) is -0.0702. The second-order valence-corrected chi connectivity index (χ2v) is 3.94. The molecule has 6 nitrogen and oxygen atoms in total. The van der Waals surface area contributed by atoms with Crippen molar-refractivity contribution in [2.45, 2.75) is 19.4 Å². The molecule has 94 valence electrons. The largest absolute Gasteiger partial charge is 0.476 e. The van der Waals surface area contributed by atoms with E-state index < -0.39 is 5.97 Å². The number of carboxylic acids is 1. The predicted molar refractivity (Wildman–Crippen MR) is 64.5 cm³/mol. The lowest BCUT2D eigenvalue weighted by atomic mass is 10.2. The Bertz CT molecular complexity index is 508. The van der Waals surface area contributed by atoms with Gasteiger partial charge >= 0.3 is 5.97 Å². The number of furan rings is 1. The number of anilines is 1. The summed E-state index contributed by atoms with van der Waals surface area (Å²) in [6, 6.07) is 6.86. The molecule has 0 amide bonds. The Labute approximate surface area is 104 Å². The second kappa shape index (κ2) is 5.31. The summed E-state index contributed by atoms with van der Waals surface area (Å²) in [7, 11) is 0. The Balaban J connectivity index is 1.94. The van der Waals surface area contributed by atoms with Crippen molar-refractivity contribution in [2.75, 3.05) is 5.32 Å². The summed E-state index contributed by atoms with van der Waals surface area (Å²) in [6.07, 6.45) is 2.35. The summed E-state index contributed by atoms with van der Waals surface area (Å²) in [4.78, 5) is 10.6. The fraction of sp³-hybridized carbons (Fsp3) is 0.250. The van der Waals surface area contributed by atoms with Crippen LogP contribution >= 0.6 is 0 Å². The number of hydrogen-bond donors (Lipinski definition) is 2. The van der Waals surface area contributed by atoms with Crippen molar-refractivity contribution in [2.24, 2.45) is 0 Å². The van der Waals surface area contributed by atoms with Gasteiger partial charge in [-0.3, -0.25) is 0 Å². The van der Waals surface area contributed by atoms with Crippen LogP contribution in [0.5, 0.6) is 0 Å². The van der Waals surface area contributed by atoms with Gasteiger partial charge in [-0.25, -0.2) is 4.79 Å². The Kier molecular flexibility index (Phi) is 3.57. The molecule has 1 atom stereocenters. The van der Waals surface area contributed by atoms with Crippen LogP contribution in [0.4, 0.5) is 5.82 Å².